The van der Waals surface area contributed by atoms with Crippen molar-refractivity contribution >= 4 is 44.7 Å². The Kier molecular flexibility index (Phi) is 5.70. The van der Waals surface area contributed by atoms with E-state index in [1.165, 1.54) is 11.8 Å². The van der Waals surface area contributed by atoms with Crippen molar-refractivity contribution in [3.05, 3.63) is 22.7 Å². The van der Waals surface area contributed by atoms with Gasteiger partial charge in [0.05, 0.1) is 16.8 Å². The van der Waals surface area contributed by atoms with Gasteiger partial charge in [0.25, 0.3) is 0 Å². The van der Waals surface area contributed by atoms with Gasteiger partial charge in [-0.05, 0) is 24.1 Å². The average Bonchev–Trinajstić information content (AvgIpc) is 2.79. The monoisotopic (exact) mass is 370 g/mol. The Labute approximate surface area is 137 Å². The molecule has 1 aromatic heterocycles. The second-order valence-corrected chi connectivity index (χ2v) is 6.86. The maximum atomic E-state index is 10.8. The third-order valence-electron chi connectivity index (χ3n) is 3.60. The molecule has 0 saturated carbocycles. The van der Waals surface area contributed by atoms with Gasteiger partial charge in [-0.3, -0.25) is 4.79 Å². The zero-order valence-corrected chi connectivity index (χ0v) is 14.6. The van der Waals surface area contributed by atoms with Gasteiger partial charge in [0.15, 0.2) is 5.16 Å². The number of fused-ring (bicyclic) bond motifs is 1. The van der Waals surface area contributed by atoms with Gasteiger partial charge in [0.2, 0.25) is 0 Å². The van der Waals surface area contributed by atoms with E-state index in [1.807, 2.05) is 12.1 Å². The smallest absolute Gasteiger partial charge is 0.313 e. The van der Waals surface area contributed by atoms with E-state index in [-0.39, 0.29) is 5.75 Å². The van der Waals surface area contributed by atoms with E-state index in [2.05, 4.69) is 45.4 Å². The van der Waals surface area contributed by atoms with Crippen molar-refractivity contribution in [2.24, 2.45) is 5.92 Å². The maximum Gasteiger partial charge on any atom is 0.313 e. The van der Waals surface area contributed by atoms with Gasteiger partial charge >= 0.3 is 5.97 Å². The van der Waals surface area contributed by atoms with Crippen LogP contribution in [0.3, 0.4) is 0 Å². The minimum atomic E-state index is -0.817. The molecule has 6 heteroatoms. The topological polar surface area (TPSA) is 55.1 Å². The molecular formula is C15H19BrN2O2S. The summed E-state index contributed by atoms with van der Waals surface area (Å²) in [7, 11) is 0. The van der Waals surface area contributed by atoms with Gasteiger partial charge in [0.1, 0.15) is 0 Å². The molecule has 4 nitrogen and oxygen atoms in total. The lowest BCUT2D eigenvalue weighted by Crippen LogP contribution is -2.11. The third kappa shape index (κ3) is 4.01. The Morgan fingerprint density at radius 2 is 2.14 bits per heavy atom. The Bertz CT molecular complexity index is 638. The first-order valence-electron chi connectivity index (χ1n) is 7.05. The minimum absolute atomic E-state index is 0.0351. The summed E-state index contributed by atoms with van der Waals surface area (Å²) in [5.74, 6) is -0.208. The molecule has 0 aliphatic rings. The van der Waals surface area contributed by atoms with E-state index in [0.717, 1.165) is 40.0 Å². The van der Waals surface area contributed by atoms with E-state index in [1.54, 1.807) is 0 Å². The summed E-state index contributed by atoms with van der Waals surface area (Å²) in [5.41, 5.74) is 1.97. The largest absolute Gasteiger partial charge is 0.481 e. The summed E-state index contributed by atoms with van der Waals surface area (Å²) >= 11 is 4.78. The number of thioether (sulfide) groups is 1. The minimum Gasteiger partial charge on any atom is -0.481 e. The summed E-state index contributed by atoms with van der Waals surface area (Å²) < 4.78 is 3.17. The number of carbonyl (C=O) groups is 1. The second-order valence-electron chi connectivity index (χ2n) is 5.00. The van der Waals surface area contributed by atoms with E-state index >= 15 is 0 Å². The number of hydrogen-bond acceptors (Lipinski definition) is 3. The van der Waals surface area contributed by atoms with Crippen LogP contribution in [0.1, 0.15) is 26.7 Å². The molecule has 0 fully saturated rings. The molecule has 2 aromatic rings. The van der Waals surface area contributed by atoms with E-state index in [4.69, 9.17) is 5.11 Å². The first kappa shape index (κ1) is 16.4. The number of carboxylic acids is 1. The van der Waals surface area contributed by atoms with Crippen molar-refractivity contribution in [2.75, 3.05) is 5.75 Å². The fraction of sp³-hybridized carbons (Fsp3) is 0.467. The van der Waals surface area contributed by atoms with Gasteiger partial charge in [-0.1, -0.05) is 54.4 Å². The molecule has 0 aliphatic heterocycles. The van der Waals surface area contributed by atoms with Crippen LogP contribution >= 0.6 is 27.7 Å². The van der Waals surface area contributed by atoms with Crippen molar-refractivity contribution in [1.29, 1.82) is 0 Å². The van der Waals surface area contributed by atoms with Crippen LogP contribution in [0, 0.1) is 5.92 Å². The van der Waals surface area contributed by atoms with Crippen LogP contribution in [0.25, 0.3) is 11.0 Å². The van der Waals surface area contributed by atoms with Gasteiger partial charge in [-0.2, -0.15) is 0 Å². The number of halogens is 1. The van der Waals surface area contributed by atoms with Crippen LogP contribution < -0.4 is 0 Å². The molecular weight excluding hydrogens is 352 g/mol. The zero-order chi connectivity index (χ0) is 15.4. The van der Waals surface area contributed by atoms with Gasteiger partial charge in [-0.25, -0.2) is 4.98 Å². The molecule has 0 spiro atoms. The number of rotatable bonds is 7. The molecule has 21 heavy (non-hydrogen) atoms. The van der Waals surface area contributed by atoms with E-state index in [0.29, 0.717) is 5.92 Å². The molecule has 2 rings (SSSR count). The molecule has 0 bridgehead atoms. The highest BCUT2D eigenvalue weighted by Gasteiger charge is 2.15. The fourth-order valence-corrected chi connectivity index (χ4v) is 3.38. The number of aromatic nitrogens is 2. The fourth-order valence-electron chi connectivity index (χ4n) is 2.29. The standard InChI is InChI=1S/C15H19BrN2O2S/c1-3-10(4-2)8-18-13-7-11(16)5-6-12(13)17-15(18)21-9-14(19)20/h5-7,10H,3-4,8-9H2,1-2H3,(H,19,20). The summed E-state index contributed by atoms with van der Waals surface area (Å²) in [6, 6.07) is 5.98. The van der Waals surface area contributed by atoms with Gasteiger partial charge < -0.3 is 9.67 Å². The van der Waals surface area contributed by atoms with Crippen LogP contribution in [0.5, 0.6) is 0 Å². The Morgan fingerprint density at radius 3 is 2.76 bits per heavy atom. The number of hydrogen-bond donors (Lipinski definition) is 1. The van der Waals surface area contributed by atoms with Crippen LogP contribution in [0.2, 0.25) is 0 Å². The molecule has 0 amide bonds. The Balaban J connectivity index is 2.42. The van der Waals surface area contributed by atoms with Gasteiger partial charge in [0, 0.05) is 11.0 Å². The van der Waals surface area contributed by atoms with Crippen LogP contribution in [-0.2, 0) is 11.3 Å². The molecule has 1 aromatic carbocycles. The SMILES string of the molecule is CCC(CC)Cn1c(SCC(=O)O)nc2ccc(Br)cc21. The average molecular weight is 371 g/mol. The highest BCUT2D eigenvalue weighted by Crippen LogP contribution is 2.28. The predicted molar refractivity (Wildman–Crippen MR) is 89.9 cm³/mol. The highest BCUT2D eigenvalue weighted by atomic mass is 79.9. The predicted octanol–water partition coefficient (Wildman–Crippen LogP) is 4.41. The molecule has 0 saturated heterocycles. The molecule has 1 N–H and O–H groups in total. The summed E-state index contributed by atoms with van der Waals surface area (Å²) in [4.78, 5) is 15.4. The summed E-state index contributed by atoms with van der Waals surface area (Å²) in [5, 5.41) is 9.68. The van der Waals surface area contributed by atoms with Crippen LogP contribution in [0.4, 0.5) is 0 Å². The number of nitrogens with zero attached hydrogens (tertiary/aromatic N) is 2. The van der Waals surface area contributed by atoms with Crippen molar-refractivity contribution in [3.8, 4) is 0 Å². The summed E-state index contributed by atoms with van der Waals surface area (Å²) in [6.07, 6.45) is 2.21. The normalized spacial score (nSPS) is 11.4. The van der Waals surface area contributed by atoms with Crippen molar-refractivity contribution < 1.29 is 9.90 Å². The van der Waals surface area contributed by atoms with Crippen LogP contribution in [0.15, 0.2) is 27.8 Å². The highest BCUT2D eigenvalue weighted by molar-refractivity contribution is 9.10. The lowest BCUT2D eigenvalue weighted by Gasteiger charge is -2.15. The van der Waals surface area contributed by atoms with Crippen molar-refractivity contribution in [1.82, 2.24) is 9.55 Å². The van der Waals surface area contributed by atoms with E-state index in [9.17, 15) is 4.79 Å². The third-order valence-corrected chi connectivity index (χ3v) is 5.05. The van der Waals surface area contributed by atoms with Crippen molar-refractivity contribution in [2.45, 2.75) is 38.4 Å². The Morgan fingerprint density at radius 1 is 1.43 bits per heavy atom. The quantitative estimate of drug-likeness (QED) is 0.733. The number of aliphatic carboxylic acids is 1. The zero-order valence-electron chi connectivity index (χ0n) is 12.2. The number of carboxylic acid groups (broad SMARTS) is 1. The molecule has 0 atom stereocenters. The molecule has 0 unspecified atom stereocenters. The first-order chi connectivity index (χ1) is 10.0. The van der Waals surface area contributed by atoms with E-state index < -0.39 is 5.97 Å². The molecule has 0 aliphatic carbocycles. The first-order valence-corrected chi connectivity index (χ1v) is 8.83. The second kappa shape index (κ2) is 7.31. The van der Waals surface area contributed by atoms with Gasteiger partial charge in [-0.15, -0.1) is 0 Å². The summed E-state index contributed by atoms with van der Waals surface area (Å²) in [6.45, 7) is 5.25. The van der Waals surface area contributed by atoms with Crippen molar-refractivity contribution in [3.63, 3.8) is 0 Å². The maximum absolute atomic E-state index is 10.8. The Hall–Kier alpha value is -1.01. The van der Waals surface area contributed by atoms with Crippen LogP contribution in [-0.4, -0.2) is 26.4 Å². The number of benzene rings is 1. The molecule has 1 heterocycles. The molecule has 0 radical (unpaired) electrons. The number of imidazole rings is 1. The lowest BCUT2D eigenvalue weighted by molar-refractivity contribution is -0.133. The molecule has 114 valence electrons. The lowest BCUT2D eigenvalue weighted by atomic mass is 10.0.